The number of nitrogens with zero attached hydrogens (tertiary/aromatic N) is 3. The number of thioether (sulfide) groups is 1. The molecule has 2 aromatic heterocycles. The number of aromatic nitrogens is 2. The van der Waals surface area contributed by atoms with Crippen LogP contribution in [0.15, 0.2) is 27.9 Å². The highest BCUT2D eigenvalue weighted by Gasteiger charge is 2.16. The molecule has 0 radical (unpaired) electrons. The zero-order chi connectivity index (χ0) is 13.8. The van der Waals surface area contributed by atoms with E-state index in [2.05, 4.69) is 32.4 Å². The van der Waals surface area contributed by atoms with Crippen LogP contribution in [0, 0.1) is 0 Å². The lowest BCUT2D eigenvalue weighted by atomic mass is 10.1. The first-order valence-corrected chi connectivity index (χ1v) is 9.00. The summed E-state index contributed by atoms with van der Waals surface area (Å²) in [6.45, 7) is 2.10. The van der Waals surface area contributed by atoms with E-state index in [0.717, 1.165) is 30.5 Å². The predicted molar refractivity (Wildman–Crippen MR) is 87.0 cm³/mol. The van der Waals surface area contributed by atoms with E-state index in [1.165, 1.54) is 23.5 Å². The van der Waals surface area contributed by atoms with Crippen LogP contribution < -0.4 is 4.90 Å². The zero-order valence-corrected chi connectivity index (χ0v) is 13.5. The number of halogens is 1. The van der Waals surface area contributed by atoms with E-state index in [1.54, 1.807) is 29.3 Å². The molecule has 0 aromatic carbocycles. The van der Waals surface area contributed by atoms with Crippen LogP contribution in [0.25, 0.3) is 0 Å². The molecule has 0 N–H and O–H groups in total. The van der Waals surface area contributed by atoms with Crippen molar-refractivity contribution >= 4 is 40.5 Å². The van der Waals surface area contributed by atoms with Crippen molar-refractivity contribution in [1.82, 2.24) is 9.97 Å². The molecule has 0 atom stereocenters. The van der Waals surface area contributed by atoms with Crippen LogP contribution in [0.4, 0.5) is 5.82 Å². The summed E-state index contributed by atoms with van der Waals surface area (Å²) >= 11 is 9.78. The van der Waals surface area contributed by atoms with E-state index >= 15 is 0 Å². The average molecular weight is 326 g/mol. The number of piperidine rings is 1. The van der Waals surface area contributed by atoms with Crippen molar-refractivity contribution in [3.8, 4) is 0 Å². The van der Waals surface area contributed by atoms with Gasteiger partial charge in [0.05, 0.1) is 16.2 Å². The minimum atomic E-state index is 0.664. The van der Waals surface area contributed by atoms with Crippen molar-refractivity contribution in [1.29, 1.82) is 0 Å². The zero-order valence-electron chi connectivity index (χ0n) is 11.1. The maximum Gasteiger partial charge on any atom is 0.151 e. The van der Waals surface area contributed by atoms with Crippen LogP contribution in [0.5, 0.6) is 0 Å². The minimum absolute atomic E-state index is 0.664. The number of thiophene rings is 1. The van der Waals surface area contributed by atoms with Gasteiger partial charge in [-0.15, -0.1) is 23.1 Å². The molecule has 0 unspecified atom stereocenters. The molecule has 3 nitrogen and oxygen atoms in total. The Labute approximate surface area is 132 Å². The summed E-state index contributed by atoms with van der Waals surface area (Å²) in [6, 6.07) is 4.19. The fraction of sp³-hybridized carbons (Fsp3) is 0.429. The van der Waals surface area contributed by atoms with Gasteiger partial charge in [-0.3, -0.25) is 0 Å². The molecule has 3 rings (SSSR count). The van der Waals surface area contributed by atoms with Crippen LogP contribution in [0.2, 0.25) is 5.02 Å². The fourth-order valence-corrected chi connectivity index (χ4v) is 4.13. The van der Waals surface area contributed by atoms with Crippen LogP contribution >= 0.6 is 34.7 Å². The smallest absolute Gasteiger partial charge is 0.151 e. The van der Waals surface area contributed by atoms with Crippen molar-refractivity contribution in [3.05, 3.63) is 34.6 Å². The monoisotopic (exact) mass is 325 g/mol. The van der Waals surface area contributed by atoms with Crippen molar-refractivity contribution in [2.75, 3.05) is 18.0 Å². The van der Waals surface area contributed by atoms with Gasteiger partial charge >= 0.3 is 0 Å². The SMILES string of the molecule is Clc1cnc(CSc2cccs2)nc1N1CCCCC1. The highest BCUT2D eigenvalue weighted by atomic mass is 35.5. The third kappa shape index (κ3) is 3.45. The first-order valence-electron chi connectivity index (χ1n) is 6.75. The first-order chi connectivity index (χ1) is 9.83. The number of rotatable bonds is 4. The van der Waals surface area contributed by atoms with Gasteiger partial charge in [0.15, 0.2) is 5.82 Å². The van der Waals surface area contributed by atoms with Gasteiger partial charge in [0, 0.05) is 13.1 Å². The minimum Gasteiger partial charge on any atom is -0.355 e. The van der Waals surface area contributed by atoms with Crippen LogP contribution in [-0.2, 0) is 5.75 Å². The van der Waals surface area contributed by atoms with E-state index in [9.17, 15) is 0 Å². The number of hydrogen-bond donors (Lipinski definition) is 0. The summed E-state index contributed by atoms with van der Waals surface area (Å²) in [5.74, 6) is 2.55. The molecule has 1 saturated heterocycles. The summed E-state index contributed by atoms with van der Waals surface area (Å²) in [7, 11) is 0. The Balaban J connectivity index is 1.72. The van der Waals surface area contributed by atoms with Gasteiger partial charge in [0.25, 0.3) is 0 Å². The molecule has 0 amide bonds. The molecular weight excluding hydrogens is 310 g/mol. The van der Waals surface area contributed by atoms with E-state index < -0.39 is 0 Å². The van der Waals surface area contributed by atoms with E-state index in [-0.39, 0.29) is 0 Å². The highest BCUT2D eigenvalue weighted by Crippen LogP contribution is 2.29. The molecule has 1 fully saturated rings. The molecular formula is C14H16ClN3S2. The van der Waals surface area contributed by atoms with Crippen LogP contribution in [0.3, 0.4) is 0 Å². The Morgan fingerprint density at radius 2 is 2.15 bits per heavy atom. The lowest BCUT2D eigenvalue weighted by Gasteiger charge is -2.28. The van der Waals surface area contributed by atoms with Crippen LogP contribution in [0.1, 0.15) is 25.1 Å². The molecule has 0 saturated carbocycles. The van der Waals surface area contributed by atoms with Crippen molar-refractivity contribution in [3.63, 3.8) is 0 Å². The van der Waals surface area contributed by atoms with E-state index in [4.69, 9.17) is 11.6 Å². The topological polar surface area (TPSA) is 29.0 Å². The maximum absolute atomic E-state index is 6.26. The Morgan fingerprint density at radius 1 is 1.30 bits per heavy atom. The predicted octanol–water partition coefficient (Wildman–Crippen LogP) is 4.47. The first kappa shape index (κ1) is 14.2. The number of hydrogen-bond acceptors (Lipinski definition) is 5. The second kappa shape index (κ2) is 6.78. The van der Waals surface area contributed by atoms with Gasteiger partial charge in [-0.1, -0.05) is 17.7 Å². The Bertz CT molecular complexity index is 554. The summed E-state index contributed by atoms with van der Waals surface area (Å²) < 4.78 is 1.29. The standard InChI is InChI=1S/C14H16ClN3S2/c15-11-9-16-12(10-20-13-5-4-8-19-13)17-14(11)18-6-2-1-3-7-18/h4-5,8-9H,1-3,6-7,10H2. The van der Waals surface area contributed by atoms with Gasteiger partial charge in [0.2, 0.25) is 0 Å². The molecule has 1 aliphatic rings. The summed E-state index contributed by atoms with van der Waals surface area (Å²) in [4.78, 5) is 11.3. The largest absolute Gasteiger partial charge is 0.355 e. The van der Waals surface area contributed by atoms with Gasteiger partial charge < -0.3 is 4.90 Å². The summed E-state index contributed by atoms with van der Waals surface area (Å²) in [5, 5.41) is 2.75. The van der Waals surface area contributed by atoms with Crippen LogP contribution in [-0.4, -0.2) is 23.1 Å². The molecule has 106 valence electrons. The lowest BCUT2D eigenvalue weighted by Crippen LogP contribution is -2.30. The van der Waals surface area contributed by atoms with Crippen molar-refractivity contribution < 1.29 is 0 Å². The fourth-order valence-electron chi connectivity index (χ4n) is 2.27. The molecule has 1 aliphatic heterocycles. The van der Waals surface area contributed by atoms with Gasteiger partial charge in [-0.2, -0.15) is 0 Å². The van der Waals surface area contributed by atoms with E-state index in [0.29, 0.717) is 5.02 Å². The van der Waals surface area contributed by atoms with Crippen molar-refractivity contribution in [2.45, 2.75) is 29.2 Å². The van der Waals surface area contributed by atoms with Gasteiger partial charge in [-0.25, -0.2) is 9.97 Å². The Hall–Kier alpha value is -0.780. The summed E-state index contributed by atoms with van der Waals surface area (Å²) in [5.41, 5.74) is 0. The maximum atomic E-state index is 6.26. The highest BCUT2D eigenvalue weighted by molar-refractivity contribution is 8.00. The van der Waals surface area contributed by atoms with Gasteiger partial charge in [0.1, 0.15) is 10.8 Å². The molecule has 0 aliphatic carbocycles. The third-order valence-electron chi connectivity index (χ3n) is 3.27. The lowest BCUT2D eigenvalue weighted by molar-refractivity contribution is 0.572. The van der Waals surface area contributed by atoms with Gasteiger partial charge in [-0.05, 0) is 30.7 Å². The summed E-state index contributed by atoms with van der Waals surface area (Å²) in [6.07, 6.45) is 5.49. The second-order valence-electron chi connectivity index (χ2n) is 4.73. The van der Waals surface area contributed by atoms with Crippen molar-refractivity contribution in [2.24, 2.45) is 0 Å². The molecule has 6 heteroatoms. The number of anilines is 1. The van der Waals surface area contributed by atoms with E-state index in [1.807, 2.05) is 0 Å². The quantitative estimate of drug-likeness (QED) is 0.775. The Kier molecular flexibility index (Phi) is 4.81. The molecule has 3 heterocycles. The Morgan fingerprint density at radius 3 is 2.90 bits per heavy atom. The normalized spacial score (nSPS) is 15.6. The third-order valence-corrected chi connectivity index (χ3v) is 5.66. The molecule has 0 bridgehead atoms. The molecule has 20 heavy (non-hydrogen) atoms. The second-order valence-corrected chi connectivity index (χ2v) is 7.36. The average Bonchev–Trinajstić information content (AvgIpc) is 3.01. The molecule has 2 aromatic rings. The molecule has 0 spiro atoms.